The molecule has 0 aliphatic heterocycles. The van der Waals surface area contributed by atoms with Crippen LogP contribution in [-0.4, -0.2) is 16.7 Å². The fraction of sp³-hybridized carbons (Fsp3) is 0.727. The number of ether oxygens (including phenoxy) is 1. The van der Waals surface area contributed by atoms with E-state index >= 15 is 0 Å². The van der Waals surface area contributed by atoms with Gasteiger partial charge in [0, 0.05) is 18.9 Å². The van der Waals surface area contributed by atoms with Crippen molar-refractivity contribution < 1.29 is 9.26 Å². The number of aromatic nitrogens is 2. The maximum absolute atomic E-state index is 8.49. The topological polar surface area (TPSA) is 71.9 Å². The van der Waals surface area contributed by atoms with Gasteiger partial charge in [-0.05, 0) is 20.3 Å². The van der Waals surface area contributed by atoms with E-state index in [4.69, 9.17) is 14.5 Å². The fourth-order valence-corrected chi connectivity index (χ4v) is 1.34. The summed E-state index contributed by atoms with van der Waals surface area (Å²) in [6.45, 7) is 6.40. The minimum Gasteiger partial charge on any atom is -0.371 e. The molecule has 1 aromatic rings. The molecule has 2 unspecified atom stereocenters. The van der Waals surface area contributed by atoms with Crippen LogP contribution in [0.3, 0.4) is 0 Å². The van der Waals surface area contributed by atoms with Gasteiger partial charge < -0.3 is 9.26 Å². The van der Waals surface area contributed by atoms with Crippen molar-refractivity contribution in [3.8, 4) is 6.07 Å². The highest BCUT2D eigenvalue weighted by molar-refractivity contribution is 4.95. The Morgan fingerprint density at radius 1 is 1.50 bits per heavy atom. The molecule has 0 radical (unpaired) electrons. The van der Waals surface area contributed by atoms with Crippen LogP contribution in [0.1, 0.15) is 57.3 Å². The van der Waals surface area contributed by atoms with Crippen molar-refractivity contribution >= 4 is 0 Å². The zero-order chi connectivity index (χ0) is 12.0. The zero-order valence-corrected chi connectivity index (χ0v) is 9.93. The van der Waals surface area contributed by atoms with Crippen molar-refractivity contribution in [3.63, 3.8) is 0 Å². The van der Waals surface area contributed by atoms with Crippen LogP contribution in [0.15, 0.2) is 4.52 Å². The molecule has 0 aliphatic rings. The SMILES string of the molecule is CCOC(C)c1noc(C(C)CCC#N)n1. The van der Waals surface area contributed by atoms with Crippen LogP contribution < -0.4 is 0 Å². The first-order valence-corrected chi connectivity index (χ1v) is 5.51. The minimum atomic E-state index is -0.148. The molecule has 0 fully saturated rings. The summed E-state index contributed by atoms with van der Waals surface area (Å²) >= 11 is 0. The summed E-state index contributed by atoms with van der Waals surface area (Å²) in [6, 6.07) is 2.10. The first-order chi connectivity index (χ1) is 7.69. The van der Waals surface area contributed by atoms with Crippen molar-refractivity contribution in [2.75, 3.05) is 6.61 Å². The summed E-state index contributed by atoms with van der Waals surface area (Å²) in [5.41, 5.74) is 0. The van der Waals surface area contributed by atoms with Gasteiger partial charge in [-0.25, -0.2) is 0 Å². The molecule has 1 aromatic heterocycles. The van der Waals surface area contributed by atoms with Crippen molar-refractivity contribution in [1.82, 2.24) is 10.1 Å². The summed E-state index contributed by atoms with van der Waals surface area (Å²) in [4.78, 5) is 4.27. The summed E-state index contributed by atoms with van der Waals surface area (Å²) in [5.74, 6) is 1.27. The van der Waals surface area contributed by atoms with Crippen LogP contribution in [0.25, 0.3) is 0 Å². The van der Waals surface area contributed by atoms with Crippen LogP contribution in [-0.2, 0) is 4.74 Å². The Balaban J connectivity index is 2.60. The number of hydrogen-bond acceptors (Lipinski definition) is 5. The summed E-state index contributed by atoms with van der Waals surface area (Å²) < 4.78 is 10.5. The Morgan fingerprint density at radius 2 is 2.25 bits per heavy atom. The van der Waals surface area contributed by atoms with Gasteiger partial charge >= 0.3 is 0 Å². The number of hydrogen-bond donors (Lipinski definition) is 0. The molecule has 5 nitrogen and oxygen atoms in total. The van der Waals surface area contributed by atoms with Gasteiger partial charge in [0.2, 0.25) is 5.89 Å². The fourth-order valence-electron chi connectivity index (χ4n) is 1.34. The Kier molecular flexibility index (Phi) is 4.93. The molecule has 2 atom stereocenters. The molecule has 0 saturated carbocycles. The molecule has 0 N–H and O–H groups in total. The Morgan fingerprint density at radius 3 is 2.88 bits per heavy atom. The highest BCUT2D eigenvalue weighted by Gasteiger charge is 2.17. The van der Waals surface area contributed by atoms with E-state index in [0.717, 1.165) is 6.42 Å². The van der Waals surface area contributed by atoms with Crippen molar-refractivity contribution in [2.45, 2.75) is 45.6 Å². The van der Waals surface area contributed by atoms with E-state index in [0.29, 0.717) is 24.7 Å². The third-order valence-electron chi connectivity index (χ3n) is 2.35. The predicted molar refractivity (Wildman–Crippen MR) is 57.6 cm³/mol. The molecule has 16 heavy (non-hydrogen) atoms. The van der Waals surface area contributed by atoms with Gasteiger partial charge in [-0.2, -0.15) is 10.2 Å². The van der Waals surface area contributed by atoms with E-state index in [1.807, 2.05) is 20.8 Å². The Hall–Kier alpha value is -1.41. The quantitative estimate of drug-likeness (QED) is 0.741. The molecular formula is C11H17N3O2. The highest BCUT2D eigenvalue weighted by Crippen LogP contribution is 2.21. The van der Waals surface area contributed by atoms with Gasteiger partial charge in [0.1, 0.15) is 6.10 Å². The average molecular weight is 223 g/mol. The lowest BCUT2D eigenvalue weighted by atomic mass is 10.1. The van der Waals surface area contributed by atoms with Crippen LogP contribution in [0, 0.1) is 11.3 Å². The lowest BCUT2D eigenvalue weighted by molar-refractivity contribution is 0.0683. The average Bonchev–Trinajstić information content (AvgIpc) is 2.75. The van der Waals surface area contributed by atoms with E-state index < -0.39 is 0 Å². The molecule has 0 aliphatic carbocycles. The monoisotopic (exact) mass is 223 g/mol. The molecule has 0 amide bonds. The number of rotatable bonds is 6. The third-order valence-corrected chi connectivity index (χ3v) is 2.35. The lowest BCUT2D eigenvalue weighted by Gasteiger charge is -2.05. The predicted octanol–water partition coefficient (Wildman–Crippen LogP) is 2.57. The standard InChI is InChI=1S/C11H17N3O2/c1-4-15-9(3)10-13-11(16-14-10)8(2)6-5-7-12/h8-9H,4-6H2,1-3H3. The molecule has 88 valence electrons. The van der Waals surface area contributed by atoms with Gasteiger partial charge in [0.25, 0.3) is 0 Å². The summed E-state index contributed by atoms with van der Waals surface area (Å²) in [7, 11) is 0. The second-order valence-electron chi connectivity index (χ2n) is 3.69. The van der Waals surface area contributed by atoms with E-state index in [2.05, 4.69) is 16.2 Å². The molecule has 0 spiro atoms. The molecule has 0 aromatic carbocycles. The van der Waals surface area contributed by atoms with E-state index in [1.54, 1.807) is 0 Å². The lowest BCUT2D eigenvalue weighted by Crippen LogP contribution is -2.02. The maximum atomic E-state index is 8.49. The van der Waals surface area contributed by atoms with Crippen LogP contribution in [0.5, 0.6) is 0 Å². The summed E-state index contributed by atoms with van der Waals surface area (Å²) in [6.07, 6.45) is 1.09. The maximum Gasteiger partial charge on any atom is 0.229 e. The smallest absolute Gasteiger partial charge is 0.229 e. The first-order valence-electron chi connectivity index (χ1n) is 5.51. The number of nitriles is 1. The number of nitrogens with zero attached hydrogens (tertiary/aromatic N) is 3. The largest absolute Gasteiger partial charge is 0.371 e. The van der Waals surface area contributed by atoms with E-state index in [1.165, 1.54) is 0 Å². The van der Waals surface area contributed by atoms with Crippen LogP contribution in [0.2, 0.25) is 0 Å². The second kappa shape index (κ2) is 6.23. The van der Waals surface area contributed by atoms with Crippen LogP contribution in [0.4, 0.5) is 0 Å². The highest BCUT2D eigenvalue weighted by atomic mass is 16.5. The van der Waals surface area contributed by atoms with Gasteiger partial charge in [0.15, 0.2) is 5.82 Å². The van der Waals surface area contributed by atoms with Crippen molar-refractivity contribution in [1.29, 1.82) is 5.26 Å². The van der Waals surface area contributed by atoms with Crippen LogP contribution >= 0.6 is 0 Å². The normalized spacial score (nSPS) is 14.4. The zero-order valence-electron chi connectivity index (χ0n) is 9.93. The molecule has 5 heteroatoms. The molecule has 1 heterocycles. The molecule has 0 saturated heterocycles. The van der Waals surface area contributed by atoms with Gasteiger partial charge in [-0.1, -0.05) is 12.1 Å². The minimum absolute atomic E-state index is 0.120. The molecular weight excluding hydrogens is 206 g/mol. The molecule has 0 bridgehead atoms. The Bertz CT molecular complexity index is 356. The van der Waals surface area contributed by atoms with Crippen molar-refractivity contribution in [3.05, 3.63) is 11.7 Å². The second-order valence-corrected chi connectivity index (χ2v) is 3.69. The summed E-state index contributed by atoms with van der Waals surface area (Å²) in [5, 5.41) is 12.4. The van der Waals surface area contributed by atoms with E-state index in [-0.39, 0.29) is 12.0 Å². The Labute approximate surface area is 95.4 Å². The first kappa shape index (κ1) is 12.7. The van der Waals surface area contributed by atoms with E-state index in [9.17, 15) is 0 Å². The van der Waals surface area contributed by atoms with Gasteiger partial charge in [-0.3, -0.25) is 0 Å². The molecule has 1 rings (SSSR count). The van der Waals surface area contributed by atoms with Gasteiger partial charge in [-0.15, -0.1) is 0 Å². The third kappa shape index (κ3) is 3.31. The van der Waals surface area contributed by atoms with Crippen molar-refractivity contribution in [2.24, 2.45) is 0 Å². The van der Waals surface area contributed by atoms with Gasteiger partial charge in [0.05, 0.1) is 6.07 Å².